The van der Waals surface area contributed by atoms with E-state index >= 15 is 0 Å². The second-order valence-corrected chi connectivity index (χ2v) is 11.6. The number of imide groups is 1. The van der Waals surface area contributed by atoms with E-state index in [1.54, 1.807) is 12.1 Å². The topological polar surface area (TPSA) is 98.1 Å². The third kappa shape index (κ3) is 5.91. The zero-order valence-electron chi connectivity index (χ0n) is 21.9. The molecule has 0 unspecified atom stereocenters. The fourth-order valence-corrected chi connectivity index (χ4v) is 6.92. The van der Waals surface area contributed by atoms with Gasteiger partial charge in [-0.3, -0.25) is 14.5 Å². The predicted octanol–water partition coefficient (Wildman–Crippen LogP) is 5.95. The number of phenols is 1. The molecule has 6 nitrogen and oxygen atoms in total. The molecule has 1 fully saturated rings. The number of aliphatic hydroxyl groups excluding tert-OH is 2. The van der Waals surface area contributed by atoms with Crippen molar-refractivity contribution in [2.24, 2.45) is 17.8 Å². The minimum Gasteiger partial charge on any atom is -0.508 e. The largest absolute Gasteiger partial charge is 0.508 e. The van der Waals surface area contributed by atoms with Gasteiger partial charge in [-0.1, -0.05) is 55.2 Å². The molecule has 0 bridgehead atoms. The van der Waals surface area contributed by atoms with Gasteiger partial charge in [-0.05, 0) is 72.9 Å². The molecule has 2 amide bonds. The molecule has 38 heavy (non-hydrogen) atoms. The monoisotopic (exact) mass is 557 g/mol. The summed E-state index contributed by atoms with van der Waals surface area (Å²) in [5.74, 6) is -2.02. The minimum absolute atomic E-state index is 0.109. The number of phenolic OH excluding ortho intramolecular Hbond substituents is 1. The minimum atomic E-state index is -0.826. The summed E-state index contributed by atoms with van der Waals surface area (Å²) in [5, 5.41) is 33.9. The number of hydrogen-bond acceptors (Lipinski definition) is 6. The van der Waals surface area contributed by atoms with Crippen LogP contribution >= 0.6 is 22.9 Å². The van der Waals surface area contributed by atoms with Crippen molar-refractivity contribution in [1.29, 1.82) is 0 Å². The van der Waals surface area contributed by atoms with Crippen molar-refractivity contribution in [2.75, 3.05) is 6.61 Å². The molecule has 2 heterocycles. The van der Waals surface area contributed by atoms with E-state index in [4.69, 9.17) is 11.6 Å². The van der Waals surface area contributed by atoms with Crippen LogP contribution in [-0.2, 0) is 16.1 Å². The van der Waals surface area contributed by atoms with Gasteiger partial charge in [0.05, 0.1) is 36.1 Å². The van der Waals surface area contributed by atoms with Crippen molar-refractivity contribution >= 4 is 40.8 Å². The second kappa shape index (κ2) is 12.6. The average molecular weight is 558 g/mol. The van der Waals surface area contributed by atoms with Crippen LogP contribution in [0.3, 0.4) is 0 Å². The lowest BCUT2D eigenvalue weighted by atomic mass is 9.67. The van der Waals surface area contributed by atoms with Gasteiger partial charge in [-0.15, -0.1) is 11.3 Å². The number of allylic oxidation sites excluding steroid dienone is 2. The SMILES string of the molecule is CCC/C(=C\c1ccc(O)cc1Cl)CC[C@@H](O)C1=C(CC)C[C@H]2C(=O)N(Cc3cccs3)C(=O)[C@H]2[C@H]1CO. The third-order valence-electron chi connectivity index (χ3n) is 7.81. The number of carbonyl (C=O) groups is 2. The van der Waals surface area contributed by atoms with E-state index < -0.39 is 23.9 Å². The molecule has 1 aliphatic carbocycles. The Bertz CT molecular complexity index is 1220. The zero-order chi connectivity index (χ0) is 27.4. The fraction of sp³-hybridized carbons (Fsp3) is 0.467. The zero-order valence-corrected chi connectivity index (χ0v) is 23.5. The van der Waals surface area contributed by atoms with Gasteiger partial charge in [0.25, 0.3) is 0 Å². The summed E-state index contributed by atoms with van der Waals surface area (Å²) >= 11 is 7.82. The van der Waals surface area contributed by atoms with Crippen LogP contribution in [0.25, 0.3) is 6.08 Å². The number of halogens is 1. The van der Waals surface area contributed by atoms with Gasteiger partial charge in [0.15, 0.2) is 0 Å². The molecule has 2 aliphatic rings. The van der Waals surface area contributed by atoms with Crippen LogP contribution < -0.4 is 0 Å². The highest BCUT2D eigenvalue weighted by Crippen LogP contribution is 2.47. The Morgan fingerprint density at radius 2 is 2.00 bits per heavy atom. The first-order valence-corrected chi connectivity index (χ1v) is 14.6. The first-order valence-electron chi connectivity index (χ1n) is 13.3. The van der Waals surface area contributed by atoms with Gasteiger partial charge >= 0.3 is 0 Å². The van der Waals surface area contributed by atoms with Crippen LogP contribution in [0.5, 0.6) is 5.75 Å². The molecule has 0 radical (unpaired) electrons. The Morgan fingerprint density at radius 3 is 2.63 bits per heavy atom. The van der Waals surface area contributed by atoms with Crippen molar-refractivity contribution in [2.45, 2.75) is 65.0 Å². The lowest BCUT2D eigenvalue weighted by molar-refractivity contribution is -0.140. The van der Waals surface area contributed by atoms with E-state index in [-0.39, 0.29) is 30.7 Å². The van der Waals surface area contributed by atoms with E-state index in [1.807, 2.05) is 30.5 Å². The quantitative estimate of drug-likeness (QED) is 0.234. The van der Waals surface area contributed by atoms with E-state index in [9.17, 15) is 24.9 Å². The Morgan fingerprint density at radius 1 is 1.21 bits per heavy atom. The molecule has 1 aromatic carbocycles. The number of nitrogens with zero attached hydrogens (tertiary/aromatic N) is 1. The van der Waals surface area contributed by atoms with Crippen LogP contribution in [0.1, 0.15) is 62.8 Å². The van der Waals surface area contributed by atoms with Gasteiger partial charge in [-0.2, -0.15) is 0 Å². The van der Waals surface area contributed by atoms with Crippen LogP contribution in [0, 0.1) is 17.8 Å². The maximum Gasteiger partial charge on any atom is 0.234 e. The average Bonchev–Trinajstić information content (AvgIpc) is 3.50. The standard InChI is InChI=1S/C30H36ClNO5S/c1-3-6-18(13-20-9-10-21(34)15-25(20)31)8-11-26(35)27-19(4-2)14-23-28(24(27)17-33)30(37)32(29(23)36)16-22-7-5-12-38-22/h5,7,9-10,12-13,15,23-24,26,28,33-35H,3-4,6,8,11,14,16-17H2,1-2H3/b18-13+/t23-,24+,26-,28-/m1/s1. The van der Waals surface area contributed by atoms with Crippen molar-refractivity contribution < 1.29 is 24.9 Å². The van der Waals surface area contributed by atoms with Gasteiger partial charge in [0.1, 0.15) is 5.75 Å². The smallest absolute Gasteiger partial charge is 0.234 e. The van der Waals surface area contributed by atoms with Crippen LogP contribution in [0.15, 0.2) is 52.4 Å². The van der Waals surface area contributed by atoms with Crippen LogP contribution in [0.4, 0.5) is 0 Å². The maximum absolute atomic E-state index is 13.5. The number of hydrogen-bond donors (Lipinski definition) is 3. The number of aliphatic hydroxyl groups is 2. The Labute approximate surface area is 233 Å². The molecular formula is C30H36ClNO5S. The lowest BCUT2D eigenvalue weighted by Crippen LogP contribution is -2.39. The number of carbonyl (C=O) groups excluding carboxylic acids is 2. The molecule has 204 valence electrons. The van der Waals surface area contributed by atoms with E-state index in [0.717, 1.165) is 40.0 Å². The molecule has 2 aromatic rings. The Hall–Kier alpha value is -2.45. The predicted molar refractivity (Wildman–Crippen MR) is 151 cm³/mol. The summed E-state index contributed by atoms with van der Waals surface area (Å²) in [6.07, 6.45) is 5.10. The summed E-state index contributed by atoms with van der Waals surface area (Å²) in [5.41, 5.74) is 3.64. The van der Waals surface area contributed by atoms with Crippen molar-refractivity contribution in [1.82, 2.24) is 4.90 Å². The van der Waals surface area contributed by atoms with Gasteiger partial charge in [0.2, 0.25) is 11.8 Å². The number of rotatable bonds is 11. The number of benzene rings is 1. The molecule has 1 aliphatic heterocycles. The number of likely N-dealkylation sites (tertiary alicyclic amines) is 1. The van der Waals surface area contributed by atoms with Crippen LogP contribution in [-0.4, -0.2) is 44.7 Å². The number of aromatic hydroxyl groups is 1. The summed E-state index contributed by atoms with van der Waals surface area (Å²) in [7, 11) is 0. The van der Waals surface area contributed by atoms with Gasteiger partial charge in [-0.25, -0.2) is 0 Å². The van der Waals surface area contributed by atoms with E-state index in [0.29, 0.717) is 30.7 Å². The van der Waals surface area contributed by atoms with Crippen molar-refractivity contribution in [3.63, 3.8) is 0 Å². The number of thiophene rings is 1. The van der Waals surface area contributed by atoms with Gasteiger partial charge < -0.3 is 15.3 Å². The first-order chi connectivity index (χ1) is 18.3. The third-order valence-corrected chi connectivity index (χ3v) is 8.99. The van der Waals surface area contributed by atoms with Crippen LogP contribution in [0.2, 0.25) is 5.02 Å². The normalized spacial score (nSPS) is 22.8. The number of amides is 2. The molecule has 4 rings (SSSR count). The summed E-state index contributed by atoms with van der Waals surface area (Å²) < 4.78 is 0. The second-order valence-electron chi connectivity index (χ2n) is 10.2. The number of fused-ring (bicyclic) bond motifs is 1. The molecule has 1 saturated heterocycles. The first kappa shape index (κ1) is 28.6. The highest BCUT2D eigenvalue weighted by atomic mass is 35.5. The molecular weight excluding hydrogens is 522 g/mol. The fourth-order valence-electron chi connectivity index (χ4n) is 6.00. The highest BCUT2D eigenvalue weighted by Gasteiger charge is 2.54. The molecule has 1 aromatic heterocycles. The van der Waals surface area contributed by atoms with E-state index in [1.165, 1.54) is 22.3 Å². The Kier molecular flexibility index (Phi) is 9.47. The van der Waals surface area contributed by atoms with Crippen molar-refractivity contribution in [3.05, 3.63) is 67.9 Å². The molecule has 0 spiro atoms. The summed E-state index contributed by atoms with van der Waals surface area (Å²) in [6.45, 7) is 4.05. The summed E-state index contributed by atoms with van der Waals surface area (Å²) in [4.78, 5) is 29.1. The maximum atomic E-state index is 13.5. The molecule has 3 N–H and O–H groups in total. The lowest BCUT2D eigenvalue weighted by Gasteiger charge is -2.36. The highest BCUT2D eigenvalue weighted by molar-refractivity contribution is 7.09. The van der Waals surface area contributed by atoms with E-state index in [2.05, 4.69) is 6.92 Å². The summed E-state index contributed by atoms with van der Waals surface area (Å²) in [6, 6.07) is 8.69. The molecule has 4 atom stereocenters. The Balaban J connectivity index is 1.55. The molecule has 0 saturated carbocycles. The van der Waals surface area contributed by atoms with Gasteiger partial charge in [0, 0.05) is 10.8 Å². The van der Waals surface area contributed by atoms with Crippen molar-refractivity contribution in [3.8, 4) is 5.75 Å². The molecule has 8 heteroatoms.